The highest BCUT2D eigenvalue weighted by molar-refractivity contribution is 5.33. The van der Waals surface area contributed by atoms with Crippen LogP contribution in [0.15, 0.2) is 24.3 Å². The molecule has 5 heteroatoms. The molecule has 2 rings (SSSR count). The molecule has 2 atom stereocenters. The predicted molar refractivity (Wildman–Crippen MR) is 58.5 cm³/mol. The molecule has 0 bridgehead atoms. The number of ether oxygens (including phenoxy) is 1. The van der Waals surface area contributed by atoms with Crippen LogP contribution in [0.4, 0.5) is 13.2 Å². The van der Waals surface area contributed by atoms with E-state index in [1.165, 1.54) is 18.2 Å². The fraction of sp³-hybridized carbons (Fsp3) is 0.462. The van der Waals surface area contributed by atoms with Gasteiger partial charge in [-0.3, -0.25) is 0 Å². The molecule has 1 heterocycles. The van der Waals surface area contributed by atoms with Crippen LogP contribution in [0.25, 0.3) is 0 Å². The molecular formula is C13H12F3NO. The first-order chi connectivity index (χ1) is 8.54. The first-order valence-electron chi connectivity index (χ1n) is 5.71. The second-order valence-electron chi connectivity index (χ2n) is 4.25. The van der Waals surface area contributed by atoms with Crippen molar-refractivity contribution in [1.82, 2.24) is 0 Å². The molecule has 1 aromatic rings. The predicted octanol–water partition coefficient (Wildman–Crippen LogP) is 3.70. The Morgan fingerprint density at radius 2 is 2.00 bits per heavy atom. The zero-order chi connectivity index (χ0) is 13.2. The zero-order valence-corrected chi connectivity index (χ0v) is 9.57. The van der Waals surface area contributed by atoms with Crippen molar-refractivity contribution in [2.75, 3.05) is 6.61 Å². The van der Waals surface area contributed by atoms with E-state index >= 15 is 0 Å². The topological polar surface area (TPSA) is 33.0 Å². The lowest BCUT2D eigenvalue weighted by Crippen LogP contribution is -2.24. The van der Waals surface area contributed by atoms with Gasteiger partial charge >= 0.3 is 6.18 Å². The summed E-state index contributed by atoms with van der Waals surface area (Å²) in [6.07, 6.45) is -3.91. The van der Waals surface area contributed by atoms with E-state index in [1.807, 2.05) is 6.07 Å². The lowest BCUT2D eigenvalue weighted by atomic mass is 9.88. The van der Waals surface area contributed by atoms with Crippen LogP contribution in [0, 0.1) is 17.2 Å². The van der Waals surface area contributed by atoms with E-state index in [2.05, 4.69) is 0 Å². The number of benzene rings is 1. The highest BCUT2D eigenvalue weighted by atomic mass is 19.4. The van der Waals surface area contributed by atoms with E-state index < -0.39 is 23.8 Å². The summed E-state index contributed by atoms with van der Waals surface area (Å²) in [6, 6.07) is 7.34. The Morgan fingerprint density at radius 3 is 2.67 bits per heavy atom. The minimum atomic E-state index is -4.42. The summed E-state index contributed by atoms with van der Waals surface area (Å²) >= 11 is 0. The van der Waals surface area contributed by atoms with E-state index in [1.54, 1.807) is 0 Å². The van der Waals surface area contributed by atoms with E-state index in [0.717, 1.165) is 6.07 Å². The summed E-state index contributed by atoms with van der Waals surface area (Å²) in [5.41, 5.74) is -0.645. The van der Waals surface area contributed by atoms with Crippen LogP contribution in [0.1, 0.15) is 30.1 Å². The fourth-order valence-electron chi connectivity index (χ4n) is 2.22. The van der Waals surface area contributed by atoms with E-state index in [-0.39, 0.29) is 5.56 Å². The first-order valence-corrected chi connectivity index (χ1v) is 5.71. The molecule has 2 nitrogen and oxygen atoms in total. The van der Waals surface area contributed by atoms with Crippen LogP contribution in [0.5, 0.6) is 0 Å². The van der Waals surface area contributed by atoms with Crippen molar-refractivity contribution in [1.29, 1.82) is 5.26 Å². The van der Waals surface area contributed by atoms with Gasteiger partial charge in [-0.15, -0.1) is 0 Å². The first kappa shape index (κ1) is 12.9. The maximum Gasteiger partial charge on any atom is 0.416 e. The van der Waals surface area contributed by atoms with Crippen LogP contribution in [-0.4, -0.2) is 6.61 Å². The quantitative estimate of drug-likeness (QED) is 0.766. The summed E-state index contributed by atoms with van der Waals surface area (Å²) < 4.78 is 44.1. The van der Waals surface area contributed by atoms with Crippen molar-refractivity contribution in [3.05, 3.63) is 35.4 Å². The Balaban J connectivity index is 2.41. The molecule has 18 heavy (non-hydrogen) atoms. The van der Waals surface area contributed by atoms with Crippen LogP contribution in [0.2, 0.25) is 0 Å². The van der Waals surface area contributed by atoms with Crippen molar-refractivity contribution in [3.8, 4) is 6.07 Å². The molecule has 0 aliphatic carbocycles. The third kappa shape index (κ3) is 2.49. The Labute approximate surface area is 103 Å². The Hall–Kier alpha value is -1.54. The van der Waals surface area contributed by atoms with Crippen molar-refractivity contribution < 1.29 is 17.9 Å². The number of nitriles is 1. The van der Waals surface area contributed by atoms with Gasteiger partial charge in [0.1, 0.15) is 0 Å². The van der Waals surface area contributed by atoms with Gasteiger partial charge in [-0.2, -0.15) is 18.4 Å². The van der Waals surface area contributed by atoms with E-state index in [0.29, 0.717) is 19.4 Å². The number of alkyl halides is 3. The molecule has 0 saturated carbocycles. The number of hydrogen-bond acceptors (Lipinski definition) is 2. The van der Waals surface area contributed by atoms with Gasteiger partial charge < -0.3 is 4.74 Å². The van der Waals surface area contributed by atoms with Crippen molar-refractivity contribution in [2.45, 2.75) is 25.1 Å². The minimum absolute atomic E-state index is 0.0660. The third-order valence-electron chi connectivity index (χ3n) is 3.06. The van der Waals surface area contributed by atoms with Gasteiger partial charge in [-0.1, -0.05) is 18.2 Å². The van der Waals surface area contributed by atoms with Gasteiger partial charge in [0, 0.05) is 6.61 Å². The Bertz CT molecular complexity index is 464. The Kier molecular flexibility index (Phi) is 3.58. The van der Waals surface area contributed by atoms with Gasteiger partial charge in [0.05, 0.1) is 23.7 Å². The second-order valence-corrected chi connectivity index (χ2v) is 4.25. The normalized spacial score (nSPS) is 24.6. The molecule has 1 aromatic carbocycles. The third-order valence-corrected chi connectivity index (χ3v) is 3.06. The van der Waals surface area contributed by atoms with Crippen LogP contribution in [0.3, 0.4) is 0 Å². The second kappa shape index (κ2) is 4.99. The van der Waals surface area contributed by atoms with E-state index in [9.17, 15) is 13.2 Å². The monoisotopic (exact) mass is 255 g/mol. The summed E-state index contributed by atoms with van der Waals surface area (Å²) in [7, 11) is 0. The van der Waals surface area contributed by atoms with E-state index in [4.69, 9.17) is 10.00 Å². The molecular weight excluding hydrogens is 243 g/mol. The molecule has 0 aromatic heterocycles. The number of halogens is 3. The van der Waals surface area contributed by atoms with Crippen LogP contribution >= 0.6 is 0 Å². The summed E-state index contributed by atoms with van der Waals surface area (Å²) in [5.74, 6) is -0.512. The number of nitrogens with zero attached hydrogens (tertiary/aromatic N) is 1. The molecule has 1 aliphatic heterocycles. The largest absolute Gasteiger partial charge is 0.416 e. The standard InChI is InChI=1S/C13H12F3NO/c14-13(15,16)11-6-2-1-5-10(11)12-9(8-17)4-3-7-18-12/h1-2,5-6,9,12H,3-4,7H2. The zero-order valence-electron chi connectivity index (χ0n) is 9.57. The minimum Gasteiger partial charge on any atom is -0.372 e. The number of hydrogen-bond donors (Lipinski definition) is 0. The molecule has 1 saturated heterocycles. The van der Waals surface area contributed by atoms with Crippen molar-refractivity contribution in [3.63, 3.8) is 0 Å². The lowest BCUT2D eigenvalue weighted by molar-refractivity contribution is -0.140. The molecule has 96 valence electrons. The highest BCUT2D eigenvalue weighted by Crippen LogP contribution is 2.40. The summed E-state index contributed by atoms with van der Waals surface area (Å²) in [4.78, 5) is 0. The maximum absolute atomic E-state index is 12.9. The molecule has 0 amide bonds. The van der Waals surface area contributed by atoms with Gasteiger partial charge in [-0.05, 0) is 24.5 Å². The smallest absolute Gasteiger partial charge is 0.372 e. The SMILES string of the molecule is N#CC1CCCOC1c1ccccc1C(F)(F)F. The Morgan fingerprint density at radius 1 is 1.28 bits per heavy atom. The highest BCUT2D eigenvalue weighted by Gasteiger charge is 2.38. The number of rotatable bonds is 1. The van der Waals surface area contributed by atoms with Gasteiger partial charge in [0.15, 0.2) is 0 Å². The van der Waals surface area contributed by atoms with Gasteiger partial charge in [0.25, 0.3) is 0 Å². The maximum atomic E-state index is 12.9. The molecule has 0 radical (unpaired) electrons. The van der Waals surface area contributed by atoms with Crippen LogP contribution in [-0.2, 0) is 10.9 Å². The summed E-state index contributed by atoms with van der Waals surface area (Å²) in [5, 5.41) is 9.01. The molecule has 0 N–H and O–H groups in total. The molecule has 0 spiro atoms. The average molecular weight is 255 g/mol. The molecule has 1 fully saturated rings. The van der Waals surface area contributed by atoms with Gasteiger partial charge in [0.2, 0.25) is 0 Å². The van der Waals surface area contributed by atoms with Crippen LogP contribution < -0.4 is 0 Å². The lowest BCUT2D eigenvalue weighted by Gasteiger charge is -2.29. The van der Waals surface area contributed by atoms with Crippen molar-refractivity contribution >= 4 is 0 Å². The molecule has 2 unspecified atom stereocenters. The summed E-state index contributed by atoms with van der Waals surface area (Å²) in [6.45, 7) is 0.398. The average Bonchev–Trinajstić information content (AvgIpc) is 2.37. The molecule has 1 aliphatic rings. The fourth-order valence-corrected chi connectivity index (χ4v) is 2.22. The van der Waals surface area contributed by atoms with Gasteiger partial charge in [-0.25, -0.2) is 0 Å². The van der Waals surface area contributed by atoms with Crippen molar-refractivity contribution in [2.24, 2.45) is 5.92 Å².